The third kappa shape index (κ3) is 4.29. The quantitative estimate of drug-likeness (QED) is 0.741. The zero-order valence-corrected chi connectivity index (χ0v) is 17.8. The first-order valence-electron chi connectivity index (χ1n) is 10.7. The van der Waals surface area contributed by atoms with E-state index in [2.05, 4.69) is 25.0 Å². The largest absolute Gasteiger partial charge is 0.355 e. The summed E-state index contributed by atoms with van der Waals surface area (Å²) >= 11 is 0. The van der Waals surface area contributed by atoms with Crippen LogP contribution < -0.4 is 15.4 Å². The van der Waals surface area contributed by atoms with Crippen LogP contribution >= 0.6 is 0 Å². The minimum Gasteiger partial charge on any atom is -0.355 e. The summed E-state index contributed by atoms with van der Waals surface area (Å²) in [6, 6.07) is 4.07. The lowest BCUT2D eigenvalue weighted by Crippen LogP contribution is -2.50. The molecule has 0 unspecified atom stereocenters. The standard InChI is InChI=1S/C21H29N7O2/c1-16-17(2)22-15-28(21(16)30)14-20(29)27-12-10-26(11-13-27)19-7-6-18(23-24-19)25-8-4-3-5-9-25/h6-7,15H,3-5,8-14H2,1-2H3. The molecular formula is C21H29N7O2. The van der Waals surface area contributed by atoms with Crippen LogP contribution in [0.3, 0.4) is 0 Å². The number of carbonyl (C=O) groups is 1. The van der Waals surface area contributed by atoms with E-state index in [4.69, 9.17) is 0 Å². The third-order valence-electron chi connectivity index (χ3n) is 6.09. The van der Waals surface area contributed by atoms with Crippen molar-refractivity contribution in [3.8, 4) is 0 Å². The van der Waals surface area contributed by atoms with Crippen molar-refractivity contribution < 1.29 is 4.79 Å². The molecule has 0 saturated carbocycles. The molecule has 0 atom stereocenters. The van der Waals surface area contributed by atoms with Gasteiger partial charge in [0.15, 0.2) is 11.6 Å². The van der Waals surface area contributed by atoms with Crippen molar-refractivity contribution in [3.05, 3.63) is 40.1 Å². The van der Waals surface area contributed by atoms with E-state index < -0.39 is 0 Å². The van der Waals surface area contributed by atoms with Gasteiger partial charge >= 0.3 is 0 Å². The second-order valence-corrected chi connectivity index (χ2v) is 8.05. The molecule has 0 radical (unpaired) electrons. The van der Waals surface area contributed by atoms with Crippen molar-refractivity contribution in [1.29, 1.82) is 0 Å². The lowest BCUT2D eigenvalue weighted by atomic mass is 10.1. The van der Waals surface area contributed by atoms with Gasteiger partial charge in [0.2, 0.25) is 5.91 Å². The maximum absolute atomic E-state index is 12.7. The fourth-order valence-electron chi connectivity index (χ4n) is 4.00. The van der Waals surface area contributed by atoms with E-state index in [9.17, 15) is 9.59 Å². The van der Waals surface area contributed by atoms with Crippen molar-refractivity contribution in [2.45, 2.75) is 39.7 Å². The summed E-state index contributed by atoms with van der Waals surface area (Å²) in [6.45, 7) is 8.25. The average molecular weight is 412 g/mol. The summed E-state index contributed by atoms with van der Waals surface area (Å²) in [5.41, 5.74) is 1.13. The number of rotatable bonds is 4. The van der Waals surface area contributed by atoms with Gasteiger partial charge in [-0.05, 0) is 45.2 Å². The summed E-state index contributed by atoms with van der Waals surface area (Å²) in [4.78, 5) is 35.4. The van der Waals surface area contributed by atoms with Gasteiger partial charge in [-0.25, -0.2) is 4.98 Å². The summed E-state index contributed by atoms with van der Waals surface area (Å²) < 4.78 is 1.39. The molecule has 4 heterocycles. The predicted octanol–water partition coefficient (Wildman–Crippen LogP) is 0.989. The molecule has 2 aromatic rings. The van der Waals surface area contributed by atoms with Crippen LogP contribution in [-0.2, 0) is 11.3 Å². The van der Waals surface area contributed by atoms with Crippen LogP contribution in [0.15, 0.2) is 23.3 Å². The Hall–Kier alpha value is -2.97. The van der Waals surface area contributed by atoms with E-state index in [1.807, 2.05) is 12.1 Å². The Balaban J connectivity index is 1.33. The maximum Gasteiger partial charge on any atom is 0.256 e. The van der Waals surface area contributed by atoms with E-state index in [0.29, 0.717) is 37.4 Å². The monoisotopic (exact) mass is 411 g/mol. The number of hydrogen-bond donors (Lipinski definition) is 0. The van der Waals surface area contributed by atoms with Gasteiger partial charge in [-0.3, -0.25) is 14.2 Å². The fourth-order valence-corrected chi connectivity index (χ4v) is 4.00. The van der Waals surface area contributed by atoms with Crippen molar-refractivity contribution in [3.63, 3.8) is 0 Å². The number of carbonyl (C=O) groups excluding carboxylic acids is 1. The normalized spacial score (nSPS) is 17.3. The van der Waals surface area contributed by atoms with Gasteiger partial charge in [-0.1, -0.05) is 0 Å². The Labute approximate surface area is 176 Å². The Morgan fingerprint density at radius 1 is 0.900 bits per heavy atom. The highest BCUT2D eigenvalue weighted by atomic mass is 16.2. The van der Waals surface area contributed by atoms with E-state index >= 15 is 0 Å². The van der Waals surface area contributed by atoms with Crippen molar-refractivity contribution in [2.24, 2.45) is 0 Å². The molecule has 0 aliphatic carbocycles. The summed E-state index contributed by atoms with van der Waals surface area (Å²) in [5.74, 6) is 1.73. The molecule has 1 amide bonds. The Morgan fingerprint density at radius 2 is 1.50 bits per heavy atom. The number of amides is 1. The van der Waals surface area contributed by atoms with Crippen LogP contribution in [0.5, 0.6) is 0 Å². The minimum atomic E-state index is -0.154. The SMILES string of the molecule is Cc1ncn(CC(=O)N2CCN(c3ccc(N4CCCCC4)nn3)CC2)c(=O)c1C. The smallest absolute Gasteiger partial charge is 0.256 e. The molecule has 4 rings (SSSR count). The van der Waals surface area contributed by atoms with Crippen LogP contribution in [-0.4, -0.2) is 69.8 Å². The van der Waals surface area contributed by atoms with Crippen molar-refractivity contribution in [1.82, 2.24) is 24.6 Å². The van der Waals surface area contributed by atoms with Crippen LogP contribution in [0, 0.1) is 13.8 Å². The summed E-state index contributed by atoms with van der Waals surface area (Å²) in [5, 5.41) is 8.84. The van der Waals surface area contributed by atoms with Gasteiger partial charge in [-0.2, -0.15) is 0 Å². The van der Waals surface area contributed by atoms with Gasteiger partial charge in [0, 0.05) is 50.5 Å². The second kappa shape index (κ2) is 8.81. The Kier molecular flexibility index (Phi) is 5.96. The molecule has 0 spiro atoms. The molecule has 2 saturated heterocycles. The molecule has 30 heavy (non-hydrogen) atoms. The number of anilines is 2. The molecule has 0 bridgehead atoms. The first-order chi connectivity index (χ1) is 14.5. The zero-order valence-electron chi connectivity index (χ0n) is 17.8. The molecule has 2 fully saturated rings. The highest BCUT2D eigenvalue weighted by Crippen LogP contribution is 2.19. The fraction of sp³-hybridized carbons (Fsp3) is 0.571. The number of aromatic nitrogens is 4. The molecule has 9 heteroatoms. The van der Waals surface area contributed by atoms with Crippen LogP contribution in [0.1, 0.15) is 30.5 Å². The highest BCUT2D eigenvalue weighted by molar-refractivity contribution is 5.76. The summed E-state index contributed by atoms with van der Waals surface area (Å²) in [7, 11) is 0. The van der Waals surface area contributed by atoms with Crippen LogP contribution in [0.4, 0.5) is 11.6 Å². The van der Waals surface area contributed by atoms with E-state index in [0.717, 1.165) is 24.7 Å². The third-order valence-corrected chi connectivity index (χ3v) is 6.09. The average Bonchev–Trinajstić information content (AvgIpc) is 2.80. The van der Waals surface area contributed by atoms with E-state index in [1.165, 1.54) is 30.2 Å². The van der Waals surface area contributed by atoms with E-state index in [-0.39, 0.29) is 18.0 Å². The molecular weight excluding hydrogens is 382 g/mol. The van der Waals surface area contributed by atoms with Gasteiger partial charge in [-0.15, -0.1) is 10.2 Å². The molecule has 2 aliphatic heterocycles. The number of aryl methyl sites for hydroxylation is 1. The molecule has 160 valence electrons. The Morgan fingerprint density at radius 3 is 2.10 bits per heavy atom. The number of hydrogen-bond acceptors (Lipinski definition) is 7. The maximum atomic E-state index is 12.7. The molecule has 9 nitrogen and oxygen atoms in total. The van der Waals surface area contributed by atoms with Crippen LogP contribution in [0.2, 0.25) is 0 Å². The molecule has 2 aliphatic rings. The van der Waals surface area contributed by atoms with Crippen molar-refractivity contribution >= 4 is 17.5 Å². The second-order valence-electron chi connectivity index (χ2n) is 8.05. The first-order valence-corrected chi connectivity index (χ1v) is 10.7. The number of piperidine rings is 1. The predicted molar refractivity (Wildman–Crippen MR) is 115 cm³/mol. The van der Waals surface area contributed by atoms with Gasteiger partial charge in [0.1, 0.15) is 6.54 Å². The first kappa shape index (κ1) is 20.3. The minimum absolute atomic E-state index is 0.0251. The number of piperazine rings is 1. The number of nitrogens with zero attached hydrogens (tertiary/aromatic N) is 7. The molecule has 0 N–H and O–H groups in total. The van der Waals surface area contributed by atoms with Crippen LogP contribution in [0.25, 0.3) is 0 Å². The summed E-state index contributed by atoms with van der Waals surface area (Å²) in [6.07, 6.45) is 5.17. The zero-order chi connectivity index (χ0) is 21.1. The lowest BCUT2D eigenvalue weighted by Gasteiger charge is -2.35. The van der Waals surface area contributed by atoms with Gasteiger partial charge < -0.3 is 14.7 Å². The van der Waals surface area contributed by atoms with Crippen molar-refractivity contribution in [2.75, 3.05) is 49.1 Å². The Bertz CT molecular complexity index is 943. The molecule has 2 aromatic heterocycles. The lowest BCUT2D eigenvalue weighted by molar-refractivity contribution is -0.132. The van der Waals surface area contributed by atoms with Gasteiger partial charge in [0.05, 0.1) is 6.33 Å². The molecule has 0 aromatic carbocycles. The topological polar surface area (TPSA) is 87.5 Å². The van der Waals surface area contributed by atoms with Gasteiger partial charge in [0.25, 0.3) is 5.56 Å². The van der Waals surface area contributed by atoms with E-state index in [1.54, 1.807) is 18.7 Å². The highest BCUT2D eigenvalue weighted by Gasteiger charge is 2.23.